The fourth-order valence-electron chi connectivity index (χ4n) is 4.75. The van der Waals surface area contributed by atoms with E-state index in [1.165, 1.54) is 12.1 Å². The van der Waals surface area contributed by atoms with Crippen molar-refractivity contribution >= 4 is 54.9 Å². The molecule has 0 radical (unpaired) electrons. The zero-order chi connectivity index (χ0) is 25.0. The number of nitrogens with two attached hydrogens (primary N) is 1. The Morgan fingerprint density at radius 2 is 2.03 bits per heavy atom. The monoisotopic (exact) mass is 512 g/mol. The van der Waals surface area contributed by atoms with E-state index in [9.17, 15) is 9.65 Å². The molecule has 0 bridgehead atoms. The molecule has 1 atom stereocenters. The molecule has 35 heavy (non-hydrogen) atoms. The van der Waals surface area contributed by atoms with Crippen molar-refractivity contribution in [3.05, 3.63) is 46.1 Å². The molecule has 0 amide bonds. The average molecular weight is 513 g/mol. The minimum absolute atomic E-state index is 0.0893. The first-order valence-electron chi connectivity index (χ1n) is 11.3. The van der Waals surface area contributed by atoms with Gasteiger partial charge in [0.15, 0.2) is 10.9 Å². The van der Waals surface area contributed by atoms with Crippen LogP contribution in [0.5, 0.6) is 0 Å². The van der Waals surface area contributed by atoms with Crippen molar-refractivity contribution in [1.82, 2.24) is 14.9 Å². The van der Waals surface area contributed by atoms with Crippen LogP contribution in [0, 0.1) is 23.0 Å². The Kier molecular flexibility index (Phi) is 5.99. The third-order valence-corrected chi connectivity index (χ3v) is 7.91. The quantitative estimate of drug-likeness (QED) is 0.385. The molecular formula is C25H23ClF2N6S. The van der Waals surface area contributed by atoms with Gasteiger partial charge in [0.25, 0.3) is 0 Å². The lowest BCUT2D eigenvalue weighted by Crippen LogP contribution is -2.50. The lowest BCUT2D eigenvalue weighted by Gasteiger charge is -2.40. The number of fused-ring (bicyclic) bond motifs is 2. The van der Waals surface area contributed by atoms with Crippen LogP contribution in [0.3, 0.4) is 0 Å². The van der Waals surface area contributed by atoms with Gasteiger partial charge in [0.05, 0.1) is 32.2 Å². The van der Waals surface area contributed by atoms with Gasteiger partial charge in [-0.2, -0.15) is 5.26 Å². The highest BCUT2D eigenvalue weighted by Gasteiger charge is 2.29. The molecule has 2 N–H and O–H groups in total. The molecule has 1 aliphatic heterocycles. The van der Waals surface area contributed by atoms with Gasteiger partial charge in [-0.15, -0.1) is 0 Å². The lowest BCUT2D eigenvalue weighted by molar-refractivity contribution is 0.234. The maximum absolute atomic E-state index is 16.3. The minimum Gasteiger partial charge on any atom is -0.375 e. The number of aromatic nitrogens is 2. The van der Waals surface area contributed by atoms with Crippen molar-refractivity contribution in [3.63, 3.8) is 0 Å². The number of thiazole rings is 1. The predicted octanol–water partition coefficient (Wildman–Crippen LogP) is 5.60. The smallest absolute Gasteiger partial charge is 0.181 e. The zero-order valence-corrected chi connectivity index (χ0v) is 21.1. The Morgan fingerprint density at radius 1 is 1.26 bits per heavy atom. The van der Waals surface area contributed by atoms with E-state index in [2.05, 4.69) is 39.8 Å². The van der Waals surface area contributed by atoms with E-state index in [0.29, 0.717) is 47.4 Å². The molecule has 4 aromatic rings. The molecule has 2 aromatic carbocycles. The van der Waals surface area contributed by atoms with Gasteiger partial charge in [0, 0.05) is 42.2 Å². The first kappa shape index (κ1) is 23.7. The lowest BCUT2D eigenvalue weighted by atomic mass is 9.97. The highest BCUT2D eigenvalue weighted by atomic mass is 35.5. The number of piperazine rings is 1. The second-order valence-corrected chi connectivity index (χ2v) is 10.2. The Labute approximate surface area is 210 Å². The molecule has 1 unspecified atom stereocenters. The number of pyridine rings is 1. The summed E-state index contributed by atoms with van der Waals surface area (Å²) in [5, 5.41) is 10.8. The summed E-state index contributed by atoms with van der Waals surface area (Å²) in [6.45, 7) is 6.19. The average Bonchev–Trinajstić information content (AvgIpc) is 3.23. The van der Waals surface area contributed by atoms with Crippen molar-refractivity contribution in [3.8, 4) is 17.2 Å². The van der Waals surface area contributed by atoms with Gasteiger partial charge in [0.1, 0.15) is 17.4 Å². The first-order chi connectivity index (χ1) is 16.7. The summed E-state index contributed by atoms with van der Waals surface area (Å²) in [7, 11) is 2.06. The summed E-state index contributed by atoms with van der Waals surface area (Å²) in [5.74, 6) is -1.11. The summed E-state index contributed by atoms with van der Waals surface area (Å²) in [5.41, 5.74) is 8.27. The molecule has 1 aliphatic rings. The highest BCUT2D eigenvalue weighted by molar-refractivity contribution is 7.22. The number of nitrogen functional groups attached to an aromatic ring is 1. The van der Waals surface area contributed by atoms with Gasteiger partial charge in [-0.25, -0.2) is 18.7 Å². The number of halogens is 3. The van der Waals surface area contributed by atoms with E-state index in [0.717, 1.165) is 17.9 Å². The largest absolute Gasteiger partial charge is 0.375 e. The van der Waals surface area contributed by atoms with Gasteiger partial charge in [-0.3, -0.25) is 0 Å². The van der Waals surface area contributed by atoms with Crippen LogP contribution >= 0.6 is 22.9 Å². The van der Waals surface area contributed by atoms with Gasteiger partial charge in [0.2, 0.25) is 0 Å². The number of hydrogen-bond acceptors (Lipinski definition) is 7. The number of nitrogens with zero attached hydrogens (tertiary/aromatic N) is 5. The number of rotatable bonds is 3. The Hall–Kier alpha value is -3.06. The zero-order valence-electron chi connectivity index (χ0n) is 19.5. The van der Waals surface area contributed by atoms with Crippen molar-refractivity contribution in [2.24, 2.45) is 0 Å². The van der Waals surface area contributed by atoms with E-state index < -0.39 is 11.6 Å². The van der Waals surface area contributed by atoms with Crippen LogP contribution in [0.1, 0.15) is 25.1 Å². The van der Waals surface area contributed by atoms with Crippen LogP contribution < -0.4 is 10.6 Å². The van der Waals surface area contributed by atoms with Crippen molar-refractivity contribution in [2.75, 3.05) is 37.3 Å². The van der Waals surface area contributed by atoms with E-state index in [1.54, 1.807) is 6.07 Å². The number of anilines is 2. The van der Waals surface area contributed by atoms with Crippen LogP contribution in [0.25, 0.3) is 32.2 Å². The SMILES string of the molecule is CCc1nc2c(F)c(-c3ccc(F)c4sc(N)nc34)c(Cl)cc2c(N2CCN(C)C(C)C2)c1C#N. The number of hydrogen-bond donors (Lipinski definition) is 1. The maximum atomic E-state index is 16.3. The van der Waals surface area contributed by atoms with Crippen LogP contribution in [-0.2, 0) is 6.42 Å². The van der Waals surface area contributed by atoms with Gasteiger partial charge in [-0.05, 0) is 38.6 Å². The van der Waals surface area contributed by atoms with Crippen LogP contribution in [0.4, 0.5) is 19.6 Å². The molecule has 180 valence electrons. The van der Waals surface area contributed by atoms with Crippen LogP contribution in [0.15, 0.2) is 18.2 Å². The third kappa shape index (κ3) is 3.77. The van der Waals surface area contributed by atoms with Crippen molar-refractivity contribution in [2.45, 2.75) is 26.3 Å². The van der Waals surface area contributed by atoms with Crippen molar-refractivity contribution in [1.29, 1.82) is 5.26 Å². The normalized spacial score (nSPS) is 16.8. The molecule has 3 heterocycles. The first-order valence-corrected chi connectivity index (χ1v) is 12.5. The second kappa shape index (κ2) is 8.86. The van der Waals surface area contributed by atoms with E-state index in [1.807, 2.05) is 6.92 Å². The van der Waals surface area contributed by atoms with E-state index >= 15 is 4.39 Å². The topological polar surface area (TPSA) is 82.1 Å². The third-order valence-electron chi connectivity index (χ3n) is 6.72. The van der Waals surface area contributed by atoms with Crippen LogP contribution in [0.2, 0.25) is 5.02 Å². The Morgan fingerprint density at radius 3 is 2.71 bits per heavy atom. The minimum atomic E-state index is -0.630. The number of nitriles is 1. The Bertz CT molecular complexity index is 1530. The molecular weight excluding hydrogens is 490 g/mol. The molecule has 6 nitrogen and oxygen atoms in total. The second-order valence-electron chi connectivity index (χ2n) is 8.79. The summed E-state index contributed by atoms with van der Waals surface area (Å²) in [4.78, 5) is 13.2. The predicted molar refractivity (Wildman–Crippen MR) is 138 cm³/mol. The fraction of sp³-hybridized carbons (Fsp3) is 0.320. The molecule has 0 spiro atoms. The Balaban J connectivity index is 1.82. The van der Waals surface area contributed by atoms with Gasteiger partial charge < -0.3 is 15.5 Å². The molecule has 2 aromatic heterocycles. The van der Waals surface area contributed by atoms with E-state index in [4.69, 9.17) is 17.3 Å². The molecule has 5 rings (SSSR count). The maximum Gasteiger partial charge on any atom is 0.181 e. The van der Waals surface area contributed by atoms with Gasteiger partial charge >= 0.3 is 0 Å². The number of likely N-dealkylation sites (N-methyl/N-ethyl adjacent to an activating group) is 1. The fourth-order valence-corrected chi connectivity index (χ4v) is 5.81. The molecule has 1 fully saturated rings. The van der Waals surface area contributed by atoms with Crippen LogP contribution in [-0.4, -0.2) is 47.6 Å². The summed E-state index contributed by atoms with van der Waals surface area (Å²) < 4.78 is 30.9. The highest BCUT2D eigenvalue weighted by Crippen LogP contribution is 2.43. The van der Waals surface area contributed by atoms with Crippen molar-refractivity contribution < 1.29 is 8.78 Å². The molecule has 1 saturated heterocycles. The molecule has 10 heteroatoms. The summed E-state index contributed by atoms with van der Waals surface area (Å²) in [6, 6.07) is 6.93. The van der Waals surface area contributed by atoms with Gasteiger partial charge in [-0.1, -0.05) is 29.9 Å². The number of aryl methyl sites for hydroxylation is 1. The number of benzene rings is 2. The standard InChI is InChI=1S/C25H23ClF2N6S/c1-4-18-15(10-29)23(34-8-7-33(3)12(2)11-34)14-9-16(26)19(20(28)21(14)31-18)13-5-6-17(27)24-22(13)32-25(30)35-24/h5-6,9,12H,4,7-8,11H2,1-3H3,(H2,30,32). The summed E-state index contributed by atoms with van der Waals surface area (Å²) >= 11 is 7.69. The molecule has 0 aliphatic carbocycles. The van der Waals surface area contributed by atoms with E-state index in [-0.39, 0.29) is 37.5 Å². The summed E-state index contributed by atoms with van der Waals surface area (Å²) in [6.07, 6.45) is 0.468. The molecule has 0 saturated carbocycles.